The average molecular weight is 236 g/mol. The molecule has 3 nitrogen and oxygen atoms in total. The van der Waals surface area contributed by atoms with E-state index in [1.165, 1.54) is 6.08 Å². The molecular weight excluding hydrogens is 214 g/mol. The van der Waals surface area contributed by atoms with Crippen LogP contribution in [0.15, 0.2) is 12.7 Å². The maximum Gasteiger partial charge on any atom is 0.334 e. The van der Waals surface area contributed by atoms with E-state index < -0.39 is 5.72 Å². The molecule has 0 aromatic carbocycles. The summed E-state index contributed by atoms with van der Waals surface area (Å²) < 4.78 is 5.98. The number of esters is 1. The van der Waals surface area contributed by atoms with Crippen LogP contribution in [-0.4, -0.2) is 36.8 Å². The zero-order valence-corrected chi connectivity index (χ0v) is 11.1. The predicted molar refractivity (Wildman–Crippen MR) is 57.6 cm³/mol. The molecule has 90 valence electrons. The molecule has 0 aliphatic rings. The number of carbonyl (C=O) groups is 1. The summed E-state index contributed by atoms with van der Waals surface area (Å²) in [6.07, 6.45) is 2.26. The summed E-state index contributed by atoms with van der Waals surface area (Å²) in [6, 6.07) is 0. The molecule has 15 heavy (non-hydrogen) atoms. The summed E-state index contributed by atoms with van der Waals surface area (Å²) in [6.45, 7) is 10.3. The van der Waals surface area contributed by atoms with E-state index in [9.17, 15) is 4.79 Å². The van der Waals surface area contributed by atoms with Gasteiger partial charge in [0.15, 0.2) is 0 Å². The molecule has 0 bridgehead atoms. The van der Waals surface area contributed by atoms with Crippen LogP contribution in [0.25, 0.3) is 0 Å². The third kappa shape index (κ3) is 4.67. The van der Waals surface area contributed by atoms with Crippen molar-refractivity contribution >= 4 is 5.97 Å². The molecule has 0 saturated heterocycles. The Morgan fingerprint density at radius 2 is 1.93 bits per heavy atom. The Labute approximate surface area is 99.1 Å². The second-order valence-corrected chi connectivity index (χ2v) is 4.48. The van der Waals surface area contributed by atoms with Crippen molar-refractivity contribution in [1.29, 1.82) is 0 Å². The maximum absolute atomic E-state index is 11.1. The number of quaternary nitrogens is 1. The number of halogens is 1. The summed E-state index contributed by atoms with van der Waals surface area (Å²) in [4.78, 5) is 11.1. The van der Waals surface area contributed by atoms with E-state index in [1.54, 1.807) is 0 Å². The lowest BCUT2D eigenvalue weighted by Crippen LogP contribution is -3.00. The van der Waals surface area contributed by atoms with Crippen LogP contribution >= 0.6 is 0 Å². The van der Waals surface area contributed by atoms with Crippen LogP contribution in [0.1, 0.15) is 27.2 Å². The van der Waals surface area contributed by atoms with Crippen LogP contribution in [0.4, 0.5) is 0 Å². The maximum atomic E-state index is 11.1. The predicted octanol–water partition coefficient (Wildman–Crippen LogP) is -1.06. The fourth-order valence-corrected chi connectivity index (χ4v) is 1.24. The van der Waals surface area contributed by atoms with E-state index in [-0.39, 0.29) is 18.4 Å². The molecule has 0 radical (unpaired) electrons. The topological polar surface area (TPSA) is 26.3 Å². The molecule has 0 aromatic heterocycles. The van der Waals surface area contributed by atoms with E-state index in [2.05, 4.69) is 27.6 Å². The Morgan fingerprint density at radius 3 is 2.27 bits per heavy atom. The molecule has 0 aliphatic carbocycles. The van der Waals surface area contributed by atoms with Gasteiger partial charge in [-0.05, 0) is 6.42 Å². The smallest absolute Gasteiger partial charge is 0.334 e. The van der Waals surface area contributed by atoms with Gasteiger partial charge in [0.25, 0.3) is 0 Å². The Morgan fingerprint density at radius 1 is 1.47 bits per heavy atom. The van der Waals surface area contributed by atoms with Gasteiger partial charge < -0.3 is 17.1 Å². The minimum Gasteiger partial charge on any atom is -1.00 e. The first-order chi connectivity index (χ1) is 6.27. The Kier molecular flexibility index (Phi) is 6.90. The summed E-state index contributed by atoms with van der Waals surface area (Å²) >= 11 is 0. The molecular formula is C11H22ClNO2. The van der Waals surface area contributed by atoms with Gasteiger partial charge >= 0.3 is 5.97 Å². The number of hydrogen-bond donors (Lipinski definition) is 0. The van der Waals surface area contributed by atoms with Crippen LogP contribution in [0.3, 0.4) is 0 Å². The summed E-state index contributed by atoms with van der Waals surface area (Å²) in [5.74, 6) is -0.364. The lowest BCUT2D eigenvalue weighted by atomic mass is 10.2. The zero-order chi connectivity index (χ0) is 11.4. The van der Waals surface area contributed by atoms with E-state index >= 15 is 0 Å². The van der Waals surface area contributed by atoms with Crippen LogP contribution in [0.5, 0.6) is 0 Å². The quantitative estimate of drug-likeness (QED) is 0.263. The number of rotatable bonds is 5. The number of ether oxygens (including phenoxy) is 1. The van der Waals surface area contributed by atoms with Crippen LogP contribution in [-0.2, 0) is 9.53 Å². The monoisotopic (exact) mass is 235 g/mol. The van der Waals surface area contributed by atoms with Crippen molar-refractivity contribution in [2.75, 3.05) is 20.6 Å². The minimum absolute atomic E-state index is 0. The van der Waals surface area contributed by atoms with Crippen molar-refractivity contribution in [2.24, 2.45) is 0 Å². The number of carbonyl (C=O) groups excluding carboxylic acids is 1. The van der Waals surface area contributed by atoms with Crippen LogP contribution in [0, 0.1) is 0 Å². The largest absolute Gasteiger partial charge is 1.00 e. The van der Waals surface area contributed by atoms with Crippen molar-refractivity contribution in [3.63, 3.8) is 0 Å². The van der Waals surface area contributed by atoms with Gasteiger partial charge in [-0.25, -0.2) is 4.79 Å². The van der Waals surface area contributed by atoms with Gasteiger partial charge in [0.1, 0.15) is 0 Å². The standard InChI is InChI=1S/C11H22NO2.ClH/c1-7-9-12(5,6)11(3,4)14-10(13)8-2;/h8H,2,7,9H2,1,3-6H3;1H/q+1;/p-1. The van der Waals surface area contributed by atoms with Gasteiger partial charge in [-0.15, -0.1) is 0 Å². The average Bonchev–Trinajstić information content (AvgIpc) is 2.03. The van der Waals surface area contributed by atoms with Crippen molar-refractivity contribution in [1.82, 2.24) is 0 Å². The Balaban J connectivity index is 0. The fraction of sp³-hybridized carbons (Fsp3) is 0.727. The normalized spacial score (nSPS) is 11.5. The first-order valence-electron chi connectivity index (χ1n) is 4.95. The molecule has 0 saturated carbocycles. The third-order valence-corrected chi connectivity index (χ3v) is 2.76. The summed E-state index contributed by atoms with van der Waals surface area (Å²) in [7, 11) is 4.11. The second kappa shape index (κ2) is 6.13. The van der Waals surface area contributed by atoms with E-state index in [4.69, 9.17) is 4.74 Å². The van der Waals surface area contributed by atoms with E-state index in [1.807, 2.05) is 13.8 Å². The highest BCUT2D eigenvalue weighted by Gasteiger charge is 2.38. The first-order valence-corrected chi connectivity index (χ1v) is 4.95. The molecule has 0 rings (SSSR count). The summed E-state index contributed by atoms with van der Waals surface area (Å²) in [5.41, 5.74) is -0.513. The molecule has 0 spiro atoms. The van der Waals surface area contributed by atoms with E-state index in [0.717, 1.165) is 13.0 Å². The van der Waals surface area contributed by atoms with Crippen LogP contribution < -0.4 is 12.4 Å². The van der Waals surface area contributed by atoms with Gasteiger partial charge in [0.05, 0.1) is 20.6 Å². The zero-order valence-electron chi connectivity index (χ0n) is 10.3. The molecule has 0 fully saturated rings. The second-order valence-electron chi connectivity index (χ2n) is 4.48. The summed E-state index contributed by atoms with van der Waals surface area (Å²) in [5, 5.41) is 0. The molecule has 0 unspecified atom stereocenters. The van der Waals surface area contributed by atoms with Crippen molar-refractivity contribution < 1.29 is 26.4 Å². The van der Waals surface area contributed by atoms with Gasteiger partial charge in [0, 0.05) is 19.9 Å². The highest BCUT2D eigenvalue weighted by atomic mass is 35.5. The number of hydrogen-bond acceptors (Lipinski definition) is 2. The molecule has 0 heterocycles. The number of nitrogens with zero attached hydrogens (tertiary/aromatic N) is 1. The van der Waals surface area contributed by atoms with Crippen molar-refractivity contribution in [3.05, 3.63) is 12.7 Å². The van der Waals surface area contributed by atoms with Gasteiger partial charge in [-0.1, -0.05) is 13.5 Å². The molecule has 0 amide bonds. The SMILES string of the molecule is C=CC(=O)OC(C)(C)[N+](C)(C)CCC.[Cl-]. The van der Waals surface area contributed by atoms with Crippen LogP contribution in [0.2, 0.25) is 0 Å². The van der Waals surface area contributed by atoms with Gasteiger partial charge in [-0.2, -0.15) is 0 Å². The van der Waals surface area contributed by atoms with Crippen molar-refractivity contribution in [2.45, 2.75) is 32.9 Å². The Hall–Kier alpha value is -0.540. The van der Waals surface area contributed by atoms with Gasteiger partial charge in [-0.3, -0.25) is 4.48 Å². The highest BCUT2D eigenvalue weighted by molar-refractivity contribution is 5.81. The Bertz CT molecular complexity index is 225. The van der Waals surface area contributed by atoms with Crippen molar-refractivity contribution in [3.8, 4) is 0 Å². The lowest BCUT2D eigenvalue weighted by Gasteiger charge is -2.42. The lowest BCUT2D eigenvalue weighted by molar-refractivity contribution is -0.960. The highest BCUT2D eigenvalue weighted by Crippen LogP contribution is 2.22. The molecule has 0 N–H and O–H groups in total. The molecule has 4 heteroatoms. The fourth-order valence-electron chi connectivity index (χ4n) is 1.24. The third-order valence-electron chi connectivity index (χ3n) is 2.76. The molecule has 0 aliphatic heterocycles. The molecule has 0 atom stereocenters. The first kappa shape index (κ1) is 16.9. The van der Waals surface area contributed by atoms with Gasteiger partial charge in [0.2, 0.25) is 5.72 Å². The minimum atomic E-state index is -0.513. The molecule has 0 aromatic rings. The van der Waals surface area contributed by atoms with E-state index in [0.29, 0.717) is 4.48 Å².